The van der Waals surface area contributed by atoms with Gasteiger partial charge in [0.1, 0.15) is 6.04 Å². The predicted molar refractivity (Wildman–Crippen MR) is 90.5 cm³/mol. The smallest absolute Gasteiger partial charge is 0.330 e. The molecule has 2 heterocycles. The molecule has 0 radical (unpaired) electrons. The van der Waals surface area contributed by atoms with E-state index in [0.717, 1.165) is 19.3 Å². The molecule has 1 aliphatic carbocycles. The first kappa shape index (κ1) is 18.0. The number of carbonyl (C=O) groups is 4. The summed E-state index contributed by atoms with van der Waals surface area (Å²) < 4.78 is 5.12. The van der Waals surface area contributed by atoms with Crippen molar-refractivity contribution < 1.29 is 23.9 Å². The standard InChI is InChI=1S/C16H23N3O5S/c1-16-6-5-13(21)19(16)11(9-25-16)15(23)24-8-14(22)18(2)7-12(20)17-10-3-4-10/h10-11H,3-9H2,1-2H3,(H,17,20)/t11-,16-/m1/s1. The Morgan fingerprint density at radius 1 is 1.40 bits per heavy atom. The molecule has 8 nitrogen and oxygen atoms in total. The van der Waals surface area contributed by atoms with Crippen molar-refractivity contribution in [3.05, 3.63) is 0 Å². The summed E-state index contributed by atoms with van der Waals surface area (Å²) >= 11 is 1.57. The van der Waals surface area contributed by atoms with Gasteiger partial charge in [-0.1, -0.05) is 0 Å². The fourth-order valence-electron chi connectivity index (χ4n) is 3.14. The fraction of sp³-hybridized carbons (Fsp3) is 0.750. The van der Waals surface area contributed by atoms with Gasteiger partial charge in [-0.15, -0.1) is 11.8 Å². The fourth-order valence-corrected chi connectivity index (χ4v) is 4.56. The summed E-state index contributed by atoms with van der Waals surface area (Å²) in [4.78, 5) is 50.5. The number of esters is 1. The highest BCUT2D eigenvalue weighted by atomic mass is 32.2. The van der Waals surface area contributed by atoms with Crippen molar-refractivity contribution in [2.45, 2.75) is 49.6 Å². The lowest BCUT2D eigenvalue weighted by molar-refractivity contribution is -0.158. The molecule has 3 aliphatic rings. The van der Waals surface area contributed by atoms with Gasteiger partial charge < -0.3 is 19.9 Å². The Labute approximate surface area is 150 Å². The minimum Gasteiger partial charge on any atom is -0.454 e. The Hall–Kier alpha value is -1.77. The van der Waals surface area contributed by atoms with Gasteiger partial charge in [-0.2, -0.15) is 0 Å². The second kappa shape index (κ2) is 6.86. The molecule has 0 unspecified atom stereocenters. The van der Waals surface area contributed by atoms with Crippen LogP contribution in [0, 0.1) is 0 Å². The van der Waals surface area contributed by atoms with Crippen LogP contribution in [0.3, 0.4) is 0 Å². The van der Waals surface area contributed by atoms with Gasteiger partial charge in [0.15, 0.2) is 6.61 Å². The highest BCUT2D eigenvalue weighted by Crippen LogP contribution is 2.47. The number of thioether (sulfide) groups is 1. The van der Waals surface area contributed by atoms with E-state index in [-0.39, 0.29) is 29.3 Å². The van der Waals surface area contributed by atoms with Crippen molar-refractivity contribution in [3.63, 3.8) is 0 Å². The third-order valence-corrected chi connectivity index (χ3v) is 6.31. The van der Waals surface area contributed by atoms with Crippen LogP contribution in [-0.2, 0) is 23.9 Å². The maximum atomic E-state index is 12.3. The van der Waals surface area contributed by atoms with Crippen molar-refractivity contribution in [3.8, 4) is 0 Å². The number of hydrogen-bond acceptors (Lipinski definition) is 6. The SMILES string of the molecule is CN(CC(=O)NC1CC1)C(=O)COC(=O)[C@H]1CS[C@]2(C)CCC(=O)N12. The van der Waals surface area contributed by atoms with Crippen LogP contribution in [0.5, 0.6) is 0 Å². The number of carbonyl (C=O) groups excluding carboxylic acids is 4. The van der Waals surface area contributed by atoms with E-state index in [2.05, 4.69) is 5.32 Å². The van der Waals surface area contributed by atoms with Crippen molar-refractivity contribution >= 4 is 35.5 Å². The Bertz CT molecular complexity index is 609. The van der Waals surface area contributed by atoms with Crippen molar-refractivity contribution in [1.29, 1.82) is 0 Å². The van der Waals surface area contributed by atoms with Gasteiger partial charge in [0.05, 0.1) is 11.4 Å². The molecule has 2 aliphatic heterocycles. The molecule has 138 valence electrons. The summed E-state index contributed by atoms with van der Waals surface area (Å²) in [5.41, 5.74) is 0. The lowest BCUT2D eigenvalue weighted by Crippen LogP contribution is -2.47. The van der Waals surface area contributed by atoms with Crippen LogP contribution >= 0.6 is 11.8 Å². The number of fused-ring (bicyclic) bond motifs is 1. The molecule has 0 aromatic heterocycles. The van der Waals surface area contributed by atoms with Gasteiger partial charge in [-0.3, -0.25) is 14.4 Å². The quantitative estimate of drug-likeness (QED) is 0.647. The van der Waals surface area contributed by atoms with E-state index in [9.17, 15) is 19.2 Å². The summed E-state index contributed by atoms with van der Waals surface area (Å²) in [5, 5.41) is 2.80. The maximum Gasteiger partial charge on any atom is 0.330 e. The van der Waals surface area contributed by atoms with E-state index in [1.807, 2.05) is 6.92 Å². The van der Waals surface area contributed by atoms with Crippen LogP contribution in [0.4, 0.5) is 0 Å². The van der Waals surface area contributed by atoms with Gasteiger partial charge >= 0.3 is 5.97 Å². The van der Waals surface area contributed by atoms with Gasteiger partial charge in [-0.05, 0) is 26.2 Å². The molecule has 9 heteroatoms. The van der Waals surface area contributed by atoms with E-state index in [0.29, 0.717) is 12.2 Å². The highest BCUT2D eigenvalue weighted by Gasteiger charge is 2.53. The van der Waals surface area contributed by atoms with Gasteiger partial charge in [0.25, 0.3) is 5.91 Å². The average molecular weight is 369 g/mol. The number of nitrogens with one attached hydrogen (secondary N) is 1. The third kappa shape index (κ3) is 3.91. The van der Waals surface area contributed by atoms with Gasteiger partial charge in [0, 0.05) is 25.3 Å². The van der Waals surface area contributed by atoms with Gasteiger partial charge in [-0.25, -0.2) is 4.79 Å². The van der Waals surface area contributed by atoms with Crippen molar-refractivity contribution in [2.75, 3.05) is 26.0 Å². The zero-order valence-corrected chi connectivity index (χ0v) is 15.3. The van der Waals surface area contributed by atoms with Crippen molar-refractivity contribution in [2.24, 2.45) is 0 Å². The molecule has 3 fully saturated rings. The van der Waals surface area contributed by atoms with Crippen LogP contribution in [0.25, 0.3) is 0 Å². The summed E-state index contributed by atoms with van der Waals surface area (Å²) in [6.07, 6.45) is 3.12. The normalized spacial score (nSPS) is 27.8. The van der Waals surface area contributed by atoms with Crippen LogP contribution < -0.4 is 5.32 Å². The number of rotatable bonds is 6. The minimum absolute atomic E-state index is 0.0466. The van der Waals surface area contributed by atoms with Gasteiger partial charge in [0.2, 0.25) is 11.8 Å². The first-order valence-electron chi connectivity index (χ1n) is 8.46. The third-order valence-electron chi connectivity index (χ3n) is 4.80. The summed E-state index contributed by atoms with van der Waals surface area (Å²) in [7, 11) is 1.50. The Kier molecular flexibility index (Phi) is 4.95. The van der Waals surface area contributed by atoms with Crippen LogP contribution in [-0.4, -0.2) is 76.4 Å². The molecule has 3 amide bonds. The lowest BCUT2D eigenvalue weighted by Gasteiger charge is -2.29. The molecule has 3 rings (SSSR count). The molecule has 0 aromatic carbocycles. The van der Waals surface area contributed by atoms with E-state index < -0.39 is 24.5 Å². The molecule has 2 atom stereocenters. The average Bonchev–Trinajstić information content (AvgIpc) is 3.22. The first-order chi connectivity index (χ1) is 11.8. The maximum absolute atomic E-state index is 12.3. The zero-order chi connectivity index (χ0) is 18.2. The van der Waals surface area contributed by atoms with Crippen LogP contribution in [0.1, 0.15) is 32.6 Å². The lowest BCUT2D eigenvalue weighted by atomic mass is 10.2. The molecule has 1 saturated carbocycles. The molecular formula is C16H23N3O5S. The Morgan fingerprint density at radius 3 is 2.80 bits per heavy atom. The molecular weight excluding hydrogens is 346 g/mol. The minimum atomic E-state index is -0.638. The second-order valence-electron chi connectivity index (χ2n) is 6.96. The van der Waals surface area contributed by atoms with Crippen LogP contribution in [0.2, 0.25) is 0 Å². The van der Waals surface area contributed by atoms with E-state index >= 15 is 0 Å². The van der Waals surface area contributed by atoms with E-state index in [1.54, 1.807) is 16.7 Å². The van der Waals surface area contributed by atoms with E-state index in [4.69, 9.17) is 4.74 Å². The summed E-state index contributed by atoms with van der Waals surface area (Å²) in [5.74, 6) is -0.782. The number of amides is 3. The number of ether oxygens (including phenoxy) is 1. The predicted octanol–water partition coefficient (Wildman–Crippen LogP) is -0.279. The molecule has 2 saturated heterocycles. The molecule has 0 aromatic rings. The molecule has 25 heavy (non-hydrogen) atoms. The summed E-state index contributed by atoms with van der Waals surface area (Å²) in [6, 6.07) is -0.401. The summed E-state index contributed by atoms with van der Waals surface area (Å²) in [6.45, 7) is 1.47. The monoisotopic (exact) mass is 369 g/mol. The Morgan fingerprint density at radius 2 is 2.12 bits per heavy atom. The van der Waals surface area contributed by atoms with E-state index in [1.165, 1.54) is 11.9 Å². The zero-order valence-electron chi connectivity index (χ0n) is 14.4. The number of nitrogens with zero attached hydrogens (tertiary/aromatic N) is 2. The topological polar surface area (TPSA) is 96.0 Å². The molecule has 0 bridgehead atoms. The van der Waals surface area contributed by atoms with Crippen molar-refractivity contribution in [1.82, 2.24) is 15.1 Å². The van der Waals surface area contributed by atoms with Crippen LogP contribution in [0.15, 0.2) is 0 Å². The molecule has 1 N–H and O–H groups in total. The molecule has 0 spiro atoms. The first-order valence-corrected chi connectivity index (χ1v) is 9.45. The number of hydrogen-bond donors (Lipinski definition) is 1. The Balaban J connectivity index is 1.46. The largest absolute Gasteiger partial charge is 0.454 e. The highest BCUT2D eigenvalue weighted by molar-refractivity contribution is 8.01. The second-order valence-corrected chi connectivity index (χ2v) is 8.47. The number of likely N-dealkylation sites (N-methyl/N-ethyl adjacent to an activating group) is 1.